The zero-order valence-corrected chi connectivity index (χ0v) is 6.22. The van der Waals surface area contributed by atoms with Gasteiger partial charge in [0.05, 0.1) is 6.07 Å². The number of aliphatic carboxylic acids is 1. The molecule has 0 amide bonds. The van der Waals surface area contributed by atoms with Crippen LogP contribution in [0.4, 0.5) is 0 Å². The van der Waals surface area contributed by atoms with Crippen LogP contribution in [0.5, 0.6) is 0 Å². The number of hydrogen-bond acceptors (Lipinski definition) is 2. The molecule has 0 saturated heterocycles. The van der Waals surface area contributed by atoms with Crippen molar-refractivity contribution < 1.29 is 9.90 Å². The van der Waals surface area contributed by atoms with Gasteiger partial charge in [0.2, 0.25) is 0 Å². The van der Waals surface area contributed by atoms with Gasteiger partial charge in [-0.25, -0.2) is 0 Å². The van der Waals surface area contributed by atoms with Crippen molar-refractivity contribution in [2.45, 2.75) is 20.3 Å². The van der Waals surface area contributed by atoms with Crippen LogP contribution in [0.1, 0.15) is 20.3 Å². The lowest BCUT2D eigenvalue weighted by atomic mass is 10.4. The van der Waals surface area contributed by atoms with Crippen molar-refractivity contribution in [3.63, 3.8) is 0 Å². The topological polar surface area (TPSA) is 61.1 Å². The molecule has 0 aromatic heterocycles. The maximum absolute atomic E-state index is 9.37. The molecular weight excluding hydrogens is 130 g/mol. The van der Waals surface area contributed by atoms with E-state index in [-0.39, 0.29) is 6.42 Å². The number of nitrogens with zero attached hydrogens (tertiary/aromatic N) is 1. The van der Waals surface area contributed by atoms with Gasteiger partial charge < -0.3 is 5.11 Å². The molecule has 0 unspecified atom stereocenters. The molecule has 0 radical (unpaired) electrons. The van der Waals surface area contributed by atoms with E-state index in [0.29, 0.717) is 5.57 Å². The predicted octanol–water partition coefficient (Wildman–Crippen LogP) is 1.57. The third-order valence-corrected chi connectivity index (χ3v) is 0.493. The largest absolute Gasteiger partial charge is 0.481 e. The highest BCUT2D eigenvalue weighted by atomic mass is 16.4. The SMILES string of the molecule is C=C(C)C#N.CCC(=O)O. The Morgan fingerprint density at radius 2 is 2.00 bits per heavy atom. The first kappa shape index (κ1) is 11.5. The Kier molecular flexibility index (Phi) is 8.85. The molecule has 3 heteroatoms. The Morgan fingerprint density at radius 1 is 1.80 bits per heavy atom. The maximum Gasteiger partial charge on any atom is 0.303 e. The minimum Gasteiger partial charge on any atom is -0.481 e. The Morgan fingerprint density at radius 3 is 2.00 bits per heavy atom. The van der Waals surface area contributed by atoms with Crippen LogP contribution < -0.4 is 0 Å². The first-order valence-corrected chi connectivity index (χ1v) is 2.82. The molecule has 0 fully saturated rings. The Bertz CT molecular complexity index is 155. The monoisotopic (exact) mass is 141 g/mol. The van der Waals surface area contributed by atoms with Gasteiger partial charge in [0.1, 0.15) is 0 Å². The third kappa shape index (κ3) is 29.9. The van der Waals surface area contributed by atoms with E-state index in [0.717, 1.165) is 0 Å². The number of nitriles is 1. The van der Waals surface area contributed by atoms with E-state index >= 15 is 0 Å². The normalized spacial score (nSPS) is 6.50. The van der Waals surface area contributed by atoms with E-state index in [1.165, 1.54) is 0 Å². The van der Waals surface area contributed by atoms with Crippen molar-refractivity contribution in [1.82, 2.24) is 0 Å². The van der Waals surface area contributed by atoms with E-state index in [1.54, 1.807) is 13.8 Å². The molecule has 0 saturated carbocycles. The highest BCUT2D eigenvalue weighted by Gasteiger charge is 1.80. The lowest BCUT2D eigenvalue weighted by Gasteiger charge is -1.71. The third-order valence-electron chi connectivity index (χ3n) is 0.493. The van der Waals surface area contributed by atoms with Crippen LogP contribution in [0.25, 0.3) is 0 Å². The molecule has 0 spiro atoms. The number of carboxylic acids is 1. The minimum atomic E-state index is -0.745. The molecule has 10 heavy (non-hydrogen) atoms. The molecular formula is C7H11NO2. The number of rotatable bonds is 1. The van der Waals surface area contributed by atoms with E-state index in [4.69, 9.17) is 10.4 Å². The average Bonchev–Trinajstić information content (AvgIpc) is 1.89. The molecule has 0 bridgehead atoms. The molecule has 0 heterocycles. The van der Waals surface area contributed by atoms with Gasteiger partial charge in [-0.2, -0.15) is 5.26 Å². The summed E-state index contributed by atoms with van der Waals surface area (Å²) in [5.41, 5.74) is 0.560. The lowest BCUT2D eigenvalue weighted by molar-refractivity contribution is -0.136. The quantitative estimate of drug-likeness (QED) is 0.564. The fourth-order valence-corrected chi connectivity index (χ4v) is 0. The molecule has 0 rings (SSSR count). The van der Waals surface area contributed by atoms with Crippen LogP contribution in [0.2, 0.25) is 0 Å². The van der Waals surface area contributed by atoms with E-state index in [2.05, 4.69) is 6.58 Å². The summed E-state index contributed by atoms with van der Waals surface area (Å²) in [6, 6.07) is 1.83. The average molecular weight is 141 g/mol. The summed E-state index contributed by atoms with van der Waals surface area (Å²) in [6.07, 6.45) is 0.222. The van der Waals surface area contributed by atoms with Gasteiger partial charge in [0.15, 0.2) is 0 Å². The smallest absolute Gasteiger partial charge is 0.303 e. The van der Waals surface area contributed by atoms with Gasteiger partial charge in [-0.3, -0.25) is 4.79 Å². The van der Waals surface area contributed by atoms with Crippen molar-refractivity contribution in [2.75, 3.05) is 0 Å². The number of carboxylic acid groups (broad SMARTS) is 1. The van der Waals surface area contributed by atoms with Crippen LogP contribution in [-0.4, -0.2) is 11.1 Å². The molecule has 0 aromatic rings. The zero-order valence-electron chi connectivity index (χ0n) is 6.22. The molecule has 0 aliphatic heterocycles. The van der Waals surface area contributed by atoms with Gasteiger partial charge in [0, 0.05) is 12.0 Å². The summed E-state index contributed by atoms with van der Waals surface area (Å²) in [5, 5.41) is 15.5. The molecule has 56 valence electrons. The Hall–Kier alpha value is -1.30. The van der Waals surface area contributed by atoms with Crippen LogP contribution in [0, 0.1) is 11.3 Å². The number of allylic oxidation sites excluding steroid dienone is 1. The highest BCUT2D eigenvalue weighted by molar-refractivity contribution is 5.66. The molecule has 0 atom stereocenters. The van der Waals surface area contributed by atoms with Crippen LogP contribution >= 0.6 is 0 Å². The maximum atomic E-state index is 9.37. The minimum absolute atomic E-state index is 0.222. The second-order valence-electron chi connectivity index (χ2n) is 1.64. The highest BCUT2D eigenvalue weighted by Crippen LogP contribution is 1.74. The molecule has 3 nitrogen and oxygen atoms in total. The first-order valence-electron chi connectivity index (χ1n) is 2.82. The Labute approximate surface area is 60.6 Å². The number of hydrogen-bond donors (Lipinski definition) is 1. The van der Waals surface area contributed by atoms with Crippen molar-refractivity contribution in [1.29, 1.82) is 5.26 Å². The standard InChI is InChI=1S/C4H5N.C3H6O2/c1-4(2)3-5;1-2-3(4)5/h1H2,2H3;2H2,1H3,(H,4,5). The van der Waals surface area contributed by atoms with Crippen molar-refractivity contribution >= 4 is 5.97 Å². The van der Waals surface area contributed by atoms with Gasteiger partial charge in [0.25, 0.3) is 0 Å². The second-order valence-corrected chi connectivity index (χ2v) is 1.64. The van der Waals surface area contributed by atoms with Gasteiger partial charge in [-0.15, -0.1) is 0 Å². The summed E-state index contributed by atoms with van der Waals surface area (Å²) in [7, 11) is 0. The van der Waals surface area contributed by atoms with Crippen molar-refractivity contribution in [3.8, 4) is 6.07 Å². The van der Waals surface area contributed by atoms with E-state index in [1.807, 2.05) is 6.07 Å². The van der Waals surface area contributed by atoms with Gasteiger partial charge >= 0.3 is 5.97 Å². The summed E-state index contributed by atoms with van der Waals surface area (Å²) in [4.78, 5) is 9.37. The Balaban J connectivity index is 0. The lowest BCUT2D eigenvalue weighted by Crippen LogP contribution is -1.86. The van der Waals surface area contributed by atoms with E-state index in [9.17, 15) is 4.79 Å². The van der Waals surface area contributed by atoms with Gasteiger partial charge in [-0.05, 0) is 6.92 Å². The molecule has 0 aromatic carbocycles. The van der Waals surface area contributed by atoms with Crippen LogP contribution in [0.3, 0.4) is 0 Å². The molecule has 1 N–H and O–H groups in total. The molecule has 0 aliphatic rings. The molecule has 0 aliphatic carbocycles. The summed E-state index contributed by atoms with van der Waals surface area (Å²) in [6.45, 7) is 6.58. The first-order chi connectivity index (χ1) is 4.54. The van der Waals surface area contributed by atoms with Crippen LogP contribution in [-0.2, 0) is 4.79 Å². The summed E-state index contributed by atoms with van der Waals surface area (Å²) < 4.78 is 0. The van der Waals surface area contributed by atoms with Crippen molar-refractivity contribution in [2.24, 2.45) is 0 Å². The van der Waals surface area contributed by atoms with Gasteiger partial charge in [-0.1, -0.05) is 13.5 Å². The number of carbonyl (C=O) groups is 1. The predicted molar refractivity (Wildman–Crippen MR) is 38.4 cm³/mol. The van der Waals surface area contributed by atoms with Crippen LogP contribution in [0.15, 0.2) is 12.2 Å². The fourth-order valence-electron chi connectivity index (χ4n) is 0. The second kappa shape index (κ2) is 7.70. The fraction of sp³-hybridized carbons (Fsp3) is 0.429. The zero-order chi connectivity index (χ0) is 8.57. The van der Waals surface area contributed by atoms with Crippen molar-refractivity contribution in [3.05, 3.63) is 12.2 Å². The summed E-state index contributed by atoms with van der Waals surface area (Å²) in [5.74, 6) is -0.745. The summed E-state index contributed by atoms with van der Waals surface area (Å²) >= 11 is 0. The van der Waals surface area contributed by atoms with E-state index < -0.39 is 5.97 Å².